The van der Waals surface area contributed by atoms with E-state index in [2.05, 4.69) is 42.7 Å². The van der Waals surface area contributed by atoms with Crippen LogP contribution in [0.1, 0.15) is 74.8 Å². The molecule has 2 saturated heterocycles. The number of benzene rings is 3. The minimum absolute atomic E-state index is 0.0113. The third kappa shape index (κ3) is 9.52. The Morgan fingerprint density at radius 1 is 0.819 bits per heavy atom. The molecule has 368 valence electrons. The highest BCUT2D eigenvalue weighted by atomic mass is 32.1. The van der Waals surface area contributed by atoms with E-state index < -0.39 is 11.9 Å². The van der Waals surface area contributed by atoms with E-state index in [9.17, 15) is 24.3 Å². The van der Waals surface area contributed by atoms with Crippen LogP contribution in [0.25, 0.3) is 32.4 Å². The Bertz CT molecular complexity index is 3260. The molecule has 3 N–H and O–H groups in total. The van der Waals surface area contributed by atoms with Crippen molar-refractivity contribution in [2.75, 3.05) is 61.0 Å². The molecule has 4 aromatic heterocycles. The molecule has 4 aliphatic rings. The van der Waals surface area contributed by atoms with E-state index in [1.807, 2.05) is 104 Å². The number of imide groups is 1. The molecule has 3 aromatic carbocycles. The van der Waals surface area contributed by atoms with E-state index in [0.717, 1.165) is 94.9 Å². The monoisotopic (exact) mass is 986 g/mol. The summed E-state index contributed by atoms with van der Waals surface area (Å²) < 4.78 is 15.6. The molecule has 11 rings (SSSR count). The molecule has 0 saturated carbocycles. The maximum atomic E-state index is 13.7. The summed E-state index contributed by atoms with van der Waals surface area (Å²) in [5.41, 5.74) is 6.73. The summed E-state index contributed by atoms with van der Waals surface area (Å²) in [6.07, 6.45) is 6.97. The van der Waals surface area contributed by atoms with Crippen LogP contribution in [0.15, 0.2) is 97.1 Å². The number of aromatic nitrogens is 5. The van der Waals surface area contributed by atoms with Crippen molar-refractivity contribution in [3.63, 3.8) is 0 Å². The number of nitrogens with one attached hydrogen (secondary N) is 2. The SMILES string of the molecule is Cc1c(O[C@@H]2C=C[C@@H](OCCN3CCN(c4ccc5c(C6CCC(=O)NC6=O)nn(C)c5n4)CC3)CC2)cccc1-c1ccc(N2CCc3cccc(C(=O)Nc4nc5ccccc5s4)c3C2)nc1C(=O)O. The number of rotatable bonds is 13. The first-order chi connectivity index (χ1) is 35.0. The number of anilines is 3. The molecule has 7 heterocycles. The first-order valence-electron chi connectivity index (χ1n) is 24.5. The molecule has 2 fully saturated rings. The van der Waals surface area contributed by atoms with Gasteiger partial charge in [0.05, 0.1) is 34.5 Å². The minimum Gasteiger partial charge on any atom is -0.486 e. The molecule has 1 aliphatic carbocycles. The van der Waals surface area contributed by atoms with Gasteiger partial charge in [0.25, 0.3) is 5.91 Å². The second-order valence-corrected chi connectivity index (χ2v) is 19.8. The summed E-state index contributed by atoms with van der Waals surface area (Å²) in [4.78, 5) is 71.8. The number of aromatic carboxylic acids is 1. The Kier molecular flexibility index (Phi) is 13.0. The molecule has 0 bridgehead atoms. The number of carboxylic acid groups (broad SMARTS) is 1. The van der Waals surface area contributed by atoms with Crippen molar-refractivity contribution in [2.45, 2.75) is 63.7 Å². The second kappa shape index (κ2) is 19.9. The van der Waals surface area contributed by atoms with Crippen LogP contribution in [-0.4, -0.2) is 117 Å². The predicted molar refractivity (Wildman–Crippen MR) is 275 cm³/mol. The Morgan fingerprint density at radius 2 is 1.61 bits per heavy atom. The topological polar surface area (TPSA) is 197 Å². The molecular formula is C54H54N10O7S. The zero-order valence-corrected chi connectivity index (χ0v) is 40.9. The van der Waals surface area contributed by atoms with Gasteiger partial charge < -0.3 is 24.4 Å². The number of carbonyl (C=O) groups is 4. The highest BCUT2D eigenvalue weighted by Crippen LogP contribution is 2.36. The average molecular weight is 987 g/mol. The van der Waals surface area contributed by atoms with Crippen molar-refractivity contribution in [1.29, 1.82) is 0 Å². The van der Waals surface area contributed by atoms with E-state index in [1.165, 1.54) is 11.3 Å². The minimum atomic E-state index is -1.13. The van der Waals surface area contributed by atoms with Gasteiger partial charge in [-0.1, -0.05) is 53.8 Å². The molecule has 0 radical (unpaired) electrons. The number of thiazole rings is 1. The number of amides is 3. The number of fused-ring (bicyclic) bond motifs is 3. The molecule has 0 spiro atoms. The van der Waals surface area contributed by atoms with E-state index in [1.54, 1.807) is 4.68 Å². The standard InChI is InChI=1S/C54H54N10O7S/c1-32-36(37-17-20-45(56-49(37)53(68)69)64-24-23-33-7-5-9-38(41(33)31-64)51(66)59-54-55-42-10-3-4-12-44(42)72-54)8-6-11-43(32)71-35-15-13-34(14-16-35)70-30-29-62-25-27-63(28-26-62)46-21-18-39-48(60-61(2)50(39)57-46)40-19-22-47(65)58-52(40)67/h3-13,15,17-18,20-21,34-35,40H,14,16,19,22-31H2,1-2H3,(H,68,69)(H,55,59,66)(H,58,65,67)/t34-,35-,40?/m1/s1. The van der Waals surface area contributed by atoms with Crippen molar-refractivity contribution >= 4 is 73.0 Å². The normalized spacial score (nSPS) is 19.4. The van der Waals surface area contributed by atoms with Gasteiger partial charge in [0, 0.05) is 75.8 Å². The van der Waals surface area contributed by atoms with Crippen molar-refractivity contribution < 1.29 is 33.8 Å². The molecular weight excluding hydrogens is 933 g/mol. The highest BCUT2D eigenvalue weighted by molar-refractivity contribution is 7.22. The highest BCUT2D eigenvalue weighted by Gasteiger charge is 2.33. The Balaban J connectivity index is 0.677. The lowest BCUT2D eigenvalue weighted by Gasteiger charge is -2.35. The fourth-order valence-corrected chi connectivity index (χ4v) is 11.2. The van der Waals surface area contributed by atoms with Crippen LogP contribution in [0.5, 0.6) is 5.75 Å². The van der Waals surface area contributed by atoms with Gasteiger partial charge in [0.15, 0.2) is 16.5 Å². The number of hydrogen-bond donors (Lipinski definition) is 3. The molecule has 3 atom stereocenters. The van der Waals surface area contributed by atoms with Gasteiger partial charge >= 0.3 is 5.97 Å². The van der Waals surface area contributed by atoms with Crippen LogP contribution in [0.4, 0.5) is 16.8 Å². The van der Waals surface area contributed by atoms with Gasteiger partial charge in [-0.15, -0.1) is 0 Å². The fraction of sp³-hybridized carbons (Fsp3) is 0.333. The first-order valence-corrected chi connectivity index (χ1v) is 25.3. The average Bonchev–Trinajstić information content (AvgIpc) is 3.96. The largest absolute Gasteiger partial charge is 0.486 e. The Morgan fingerprint density at radius 3 is 2.42 bits per heavy atom. The van der Waals surface area contributed by atoms with Crippen LogP contribution < -0.4 is 25.2 Å². The first kappa shape index (κ1) is 46.8. The summed E-state index contributed by atoms with van der Waals surface area (Å²) in [5.74, 6) is -0.299. The summed E-state index contributed by atoms with van der Waals surface area (Å²) in [5, 5.41) is 22.0. The number of para-hydroxylation sites is 1. The number of ether oxygens (including phenoxy) is 2. The lowest BCUT2D eigenvalue weighted by Crippen LogP contribution is -2.47. The summed E-state index contributed by atoms with van der Waals surface area (Å²) in [6, 6.07) is 26.9. The lowest BCUT2D eigenvalue weighted by molar-refractivity contribution is -0.134. The van der Waals surface area contributed by atoms with Crippen LogP contribution in [-0.2, 0) is 34.3 Å². The molecule has 7 aromatic rings. The van der Waals surface area contributed by atoms with Crippen molar-refractivity contribution in [3.8, 4) is 16.9 Å². The molecule has 18 heteroatoms. The fourth-order valence-electron chi connectivity index (χ4n) is 10.4. The summed E-state index contributed by atoms with van der Waals surface area (Å²) in [6.45, 7) is 7.79. The van der Waals surface area contributed by atoms with Crippen LogP contribution in [0, 0.1) is 6.92 Å². The number of aryl methyl sites for hydroxylation is 1. The van der Waals surface area contributed by atoms with Gasteiger partial charge in [-0.25, -0.2) is 19.7 Å². The third-order valence-corrected chi connectivity index (χ3v) is 15.2. The Labute approximate surface area is 419 Å². The zero-order valence-electron chi connectivity index (χ0n) is 40.0. The lowest BCUT2D eigenvalue weighted by atomic mass is 9.93. The number of carbonyl (C=O) groups excluding carboxylic acids is 3. The maximum absolute atomic E-state index is 13.7. The molecule has 1 unspecified atom stereocenters. The third-order valence-electron chi connectivity index (χ3n) is 14.3. The number of carboxylic acids is 1. The van der Waals surface area contributed by atoms with Gasteiger partial charge in [-0.3, -0.25) is 34.6 Å². The second-order valence-electron chi connectivity index (χ2n) is 18.8. The van der Waals surface area contributed by atoms with Crippen molar-refractivity contribution in [2.24, 2.45) is 7.05 Å². The zero-order chi connectivity index (χ0) is 49.5. The van der Waals surface area contributed by atoms with Crippen LogP contribution in [0.3, 0.4) is 0 Å². The van der Waals surface area contributed by atoms with Gasteiger partial charge in [-0.05, 0) is 109 Å². The number of nitrogens with zero attached hydrogens (tertiary/aromatic N) is 8. The molecule has 72 heavy (non-hydrogen) atoms. The van der Waals surface area contributed by atoms with E-state index >= 15 is 0 Å². The maximum Gasteiger partial charge on any atom is 0.355 e. The van der Waals surface area contributed by atoms with E-state index in [4.69, 9.17) is 19.4 Å². The molecule has 3 aliphatic heterocycles. The van der Waals surface area contributed by atoms with Crippen molar-refractivity contribution in [1.82, 2.24) is 34.9 Å². The van der Waals surface area contributed by atoms with E-state index in [0.29, 0.717) is 72.5 Å². The number of piperidine rings is 1. The van der Waals surface area contributed by atoms with E-state index in [-0.39, 0.29) is 35.6 Å². The smallest absolute Gasteiger partial charge is 0.355 e. The Hall–Kier alpha value is -7.54. The van der Waals surface area contributed by atoms with Gasteiger partial charge in [0.1, 0.15) is 23.5 Å². The van der Waals surface area contributed by atoms with Crippen LogP contribution >= 0.6 is 11.3 Å². The number of piperazine rings is 1. The number of pyridine rings is 2. The summed E-state index contributed by atoms with van der Waals surface area (Å²) in [7, 11) is 1.84. The summed E-state index contributed by atoms with van der Waals surface area (Å²) >= 11 is 1.43. The number of hydrogen-bond acceptors (Lipinski definition) is 14. The van der Waals surface area contributed by atoms with Crippen LogP contribution in [0.2, 0.25) is 0 Å². The predicted octanol–water partition coefficient (Wildman–Crippen LogP) is 7.29. The van der Waals surface area contributed by atoms with Gasteiger partial charge in [0.2, 0.25) is 11.8 Å². The van der Waals surface area contributed by atoms with Gasteiger partial charge in [-0.2, -0.15) is 5.10 Å². The van der Waals surface area contributed by atoms with Crippen molar-refractivity contribution in [3.05, 3.63) is 131 Å². The molecule has 3 amide bonds. The quantitative estimate of drug-likeness (QED) is 0.0770. The molecule has 17 nitrogen and oxygen atoms in total.